The molecule has 0 bridgehead atoms. The Kier molecular flexibility index (Phi) is 4.24. The molecule has 0 saturated heterocycles. The van der Waals surface area contributed by atoms with Gasteiger partial charge in [-0.05, 0) is 38.8 Å². The van der Waals surface area contributed by atoms with Crippen molar-refractivity contribution in [3.63, 3.8) is 0 Å². The molecule has 0 fully saturated rings. The number of ether oxygens (including phenoxy) is 1. The van der Waals surface area contributed by atoms with Crippen LogP contribution in [0.3, 0.4) is 0 Å². The monoisotopic (exact) mass is 253 g/mol. The Morgan fingerprint density at radius 3 is 2.28 bits per heavy atom. The normalized spacial score (nSPS) is 11.8. The van der Waals surface area contributed by atoms with Crippen LogP contribution >= 0.6 is 0 Å². The lowest BCUT2D eigenvalue weighted by Gasteiger charge is -2.22. The van der Waals surface area contributed by atoms with Crippen molar-refractivity contribution in [3.8, 4) is 0 Å². The molecule has 0 aliphatic carbocycles. The second-order valence-corrected chi connectivity index (χ2v) is 5.53. The molecule has 6 heteroatoms. The number of aromatic nitrogens is 1. The summed E-state index contributed by atoms with van der Waals surface area (Å²) in [4.78, 5) is 12.1. The molecule has 0 aromatic carbocycles. The van der Waals surface area contributed by atoms with Crippen LogP contribution in [-0.2, 0) is 4.74 Å². The molecule has 0 saturated carbocycles. The van der Waals surface area contributed by atoms with E-state index in [4.69, 9.17) is 4.74 Å². The quantitative estimate of drug-likeness (QED) is 0.773. The molecule has 0 unspecified atom stereocenters. The van der Waals surface area contributed by atoms with Crippen molar-refractivity contribution in [1.82, 2.24) is 4.57 Å². The zero-order valence-electron chi connectivity index (χ0n) is 11.5. The van der Waals surface area contributed by atoms with Crippen LogP contribution in [0.1, 0.15) is 46.2 Å². The van der Waals surface area contributed by atoms with Gasteiger partial charge in [-0.1, -0.05) is 13.8 Å². The molecule has 0 atom stereocenters. The topological polar surface area (TPSA) is 71.7 Å². The van der Waals surface area contributed by atoms with Crippen LogP contribution in [0.15, 0.2) is 12.1 Å². The third kappa shape index (κ3) is 3.37. The average Bonchev–Trinajstić information content (AvgIpc) is 2.58. The van der Waals surface area contributed by atoms with Crippen molar-refractivity contribution in [2.24, 2.45) is 0 Å². The fourth-order valence-corrected chi connectivity index (χ4v) is 1.64. The van der Waals surface area contributed by atoms with E-state index in [0.29, 0.717) is 5.69 Å². The highest BCUT2D eigenvalue weighted by Gasteiger charge is 2.27. The van der Waals surface area contributed by atoms with Gasteiger partial charge in [-0.25, -0.2) is 4.79 Å². The van der Waals surface area contributed by atoms with Gasteiger partial charge in [0, 0.05) is 5.69 Å². The molecule has 2 N–H and O–H groups in total. The zero-order valence-corrected chi connectivity index (χ0v) is 11.5. The second kappa shape index (κ2) is 5.16. The summed E-state index contributed by atoms with van der Waals surface area (Å²) in [5, 5.41) is 18.5. The molecule has 0 spiro atoms. The average molecular weight is 253 g/mol. The molecule has 0 aliphatic rings. The van der Waals surface area contributed by atoms with Crippen molar-refractivity contribution in [2.75, 3.05) is 0 Å². The number of hydrogen-bond acceptors (Lipinski definition) is 4. The number of hydrogen-bond donors (Lipinski definition) is 2. The Bertz CT molecular complexity index is 406. The van der Waals surface area contributed by atoms with Crippen LogP contribution < -0.4 is 5.59 Å². The minimum absolute atomic E-state index is 0.0741. The van der Waals surface area contributed by atoms with Crippen molar-refractivity contribution in [1.29, 1.82) is 0 Å². The molecule has 0 amide bonds. The molecule has 0 aliphatic heterocycles. The molecular weight excluding hydrogens is 233 g/mol. The third-order valence-corrected chi connectivity index (χ3v) is 2.37. The number of rotatable bonds is 2. The van der Waals surface area contributed by atoms with E-state index in [2.05, 4.69) is 0 Å². The van der Waals surface area contributed by atoms with Crippen molar-refractivity contribution in [2.45, 2.75) is 46.1 Å². The van der Waals surface area contributed by atoms with E-state index in [1.54, 1.807) is 26.8 Å². The fourth-order valence-electron chi connectivity index (χ4n) is 1.64. The Hall–Kier alpha value is -1.27. The lowest BCUT2D eigenvalue weighted by Crippen LogP contribution is -2.42. The lowest BCUT2D eigenvalue weighted by molar-refractivity contribution is 0.0535. The van der Waals surface area contributed by atoms with Gasteiger partial charge in [0.05, 0.1) is 5.59 Å². The van der Waals surface area contributed by atoms with Gasteiger partial charge in [0.1, 0.15) is 5.60 Å². The maximum absolute atomic E-state index is 12.1. The van der Waals surface area contributed by atoms with Gasteiger partial charge in [-0.15, -0.1) is 0 Å². The number of carbonyl (C=O) groups is 1. The van der Waals surface area contributed by atoms with E-state index in [1.807, 2.05) is 13.8 Å². The molecule has 1 aromatic heterocycles. The van der Waals surface area contributed by atoms with Gasteiger partial charge in [0.2, 0.25) is 0 Å². The SMILES string of the molecule is CC(C)c1ccc(B(O)O)n1C(=O)OC(C)(C)C. The number of carbonyl (C=O) groups excluding carboxylic acids is 1. The Morgan fingerprint density at radius 1 is 1.33 bits per heavy atom. The highest BCUT2D eigenvalue weighted by atomic mass is 16.6. The smallest absolute Gasteiger partial charge is 0.443 e. The van der Waals surface area contributed by atoms with Gasteiger partial charge in [-0.2, -0.15) is 0 Å². The first kappa shape index (κ1) is 14.8. The van der Waals surface area contributed by atoms with Gasteiger partial charge >= 0.3 is 13.2 Å². The van der Waals surface area contributed by atoms with Crippen molar-refractivity contribution in [3.05, 3.63) is 17.8 Å². The Labute approximate surface area is 108 Å². The molecule has 1 heterocycles. The molecular formula is C12H20BNO4. The van der Waals surface area contributed by atoms with Gasteiger partial charge in [0.25, 0.3) is 0 Å². The van der Waals surface area contributed by atoms with E-state index in [1.165, 1.54) is 10.6 Å². The van der Waals surface area contributed by atoms with Crippen LogP contribution in [0, 0.1) is 0 Å². The minimum atomic E-state index is -1.70. The minimum Gasteiger partial charge on any atom is -0.443 e. The van der Waals surface area contributed by atoms with Crippen LogP contribution in [-0.4, -0.2) is 33.4 Å². The summed E-state index contributed by atoms with van der Waals surface area (Å²) in [5.41, 5.74) is 0.174. The molecule has 18 heavy (non-hydrogen) atoms. The number of nitrogens with zero attached hydrogens (tertiary/aromatic N) is 1. The Balaban J connectivity index is 3.19. The van der Waals surface area contributed by atoms with Crippen LogP contribution in [0.5, 0.6) is 0 Å². The van der Waals surface area contributed by atoms with E-state index >= 15 is 0 Å². The first-order valence-corrected chi connectivity index (χ1v) is 5.94. The summed E-state index contributed by atoms with van der Waals surface area (Å²) in [6.45, 7) is 9.13. The maximum Gasteiger partial charge on any atom is 0.506 e. The van der Waals surface area contributed by atoms with Crippen LogP contribution in [0.2, 0.25) is 0 Å². The highest BCUT2D eigenvalue weighted by molar-refractivity contribution is 6.58. The molecule has 1 aromatic rings. The summed E-state index contributed by atoms with van der Waals surface area (Å²) in [5.74, 6) is 0.0741. The summed E-state index contributed by atoms with van der Waals surface area (Å²) in [6, 6.07) is 3.22. The van der Waals surface area contributed by atoms with E-state index in [9.17, 15) is 14.8 Å². The van der Waals surface area contributed by atoms with Gasteiger partial charge in [-0.3, -0.25) is 4.57 Å². The van der Waals surface area contributed by atoms with Crippen LogP contribution in [0.25, 0.3) is 0 Å². The van der Waals surface area contributed by atoms with Gasteiger partial charge < -0.3 is 14.8 Å². The standard InChI is InChI=1S/C12H20BNO4/c1-8(2)9-6-7-10(13(16)17)14(9)11(15)18-12(3,4)5/h6-8,16-17H,1-5H3. The summed E-state index contributed by atoms with van der Waals surface area (Å²) >= 11 is 0. The van der Waals surface area contributed by atoms with Crippen molar-refractivity contribution >= 4 is 18.8 Å². The van der Waals surface area contributed by atoms with Gasteiger partial charge in [0.15, 0.2) is 0 Å². The van der Waals surface area contributed by atoms with Crippen LogP contribution in [0.4, 0.5) is 4.79 Å². The first-order chi connectivity index (χ1) is 8.13. The summed E-state index contributed by atoms with van der Waals surface area (Å²) in [6.07, 6.45) is -0.598. The largest absolute Gasteiger partial charge is 0.506 e. The Morgan fingerprint density at radius 2 is 1.89 bits per heavy atom. The molecule has 100 valence electrons. The van der Waals surface area contributed by atoms with Crippen molar-refractivity contribution < 1.29 is 19.6 Å². The van der Waals surface area contributed by atoms with E-state index < -0.39 is 18.8 Å². The fraction of sp³-hybridized carbons (Fsp3) is 0.583. The van der Waals surface area contributed by atoms with E-state index in [-0.39, 0.29) is 11.5 Å². The first-order valence-electron chi connectivity index (χ1n) is 5.94. The summed E-state index contributed by atoms with van der Waals surface area (Å²) < 4.78 is 6.49. The highest BCUT2D eigenvalue weighted by Crippen LogP contribution is 2.16. The maximum atomic E-state index is 12.1. The molecule has 1 rings (SSSR count). The predicted molar refractivity (Wildman–Crippen MR) is 70.0 cm³/mol. The molecule has 0 radical (unpaired) electrons. The summed E-state index contributed by atoms with van der Waals surface area (Å²) in [7, 11) is -1.70. The third-order valence-electron chi connectivity index (χ3n) is 2.37. The second-order valence-electron chi connectivity index (χ2n) is 5.53. The molecule has 5 nitrogen and oxygen atoms in total. The lowest BCUT2D eigenvalue weighted by atomic mass is 9.86. The predicted octanol–water partition coefficient (Wildman–Crippen LogP) is 1.07. The van der Waals surface area contributed by atoms with E-state index in [0.717, 1.165) is 0 Å². The zero-order chi connectivity index (χ0) is 14.1.